The molecule has 1 atom stereocenters. The van der Waals surface area contributed by atoms with E-state index in [1.807, 2.05) is 0 Å². The Labute approximate surface area is 133 Å². The highest BCUT2D eigenvalue weighted by Gasteiger charge is 2.38. The van der Waals surface area contributed by atoms with Gasteiger partial charge >= 0.3 is 0 Å². The van der Waals surface area contributed by atoms with Crippen molar-refractivity contribution in [1.29, 1.82) is 0 Å². The van der Waals surface area contributed by atoms with Gasteiger partial charge in [0, 0.05) is 12.1 Å². The molecule has 22 heavy (non-hydrogen) atoms. The summed E-state index contributed by atoms with van der Waals surface area (Å²) in [7, 11) is 0. The van der Waals surface area contributed by atoms with Crippen LogP contribution in [0.25, 0.3) is 0 Å². The maximum Gasteiger partial charge on any atom is 0.0618 e. The predicted molar refractivity (Wildman–Crippen MR) is 90.7 cm³/mol. The van der Waals surface area contributed by atoms with Crippen LogP contribution in [0.15, 0.2) is 60.7 Å². The summed E-state index contributed by atoms with van der Waals surface area (Å²) in [6.45, 7) is 2.23. The zero-order chi connectivity index (χ0) is 15.3. The van der Waals surface area contributed by atoms with Crippen LogP contribution < -0.4 is 0 Å². The summed E-state index contributed by atoms with van der Waals surface area (Å²) in [6, 6.07) is 21.2. The molecule has 0 saturated carbocycles. The molecule has 0 aromatic heterocycles. The molecule has 0 aliphatic carbocycles. The van der Waals surface area contributed by atoms with Gasteiger partial charge in [-0.25, -0.2) is 0 Å². The standard InChI is InChI=1S/C20H25NO/c22-17-20(15-18-9-3-1-4-10-18)13-7-8-14-21(20)16-19-11-5-2-6-12-19/h1-6,9-12,22H,7-8,13-17H2/t20-/m0/s1. The second-order valence-electron chi connectivity index (χ2n) is 6.41. The topological polar surface area (TPSA) is 23.5 Å². The molecule has 1 heterocycles. The third-order valence-corrected chi connectivity index (χ3v) is 4.88. The van der Waals surface area contributed by atoms with Gasteiger partial charge in [-0.2, -0.15) is 0 Å². The zero-order valence-electron chi connectivity index (χ0n) is 13.1. The number of rotatable bonds is 5. The van der Waals surface area contributed by atoms with Crippen LogP contribution in [-0.4, -0.2) is 28.7 Å². The second-order valence-corrected chi connectivity index (χ2v) is 6.41. The Morgan fingerprint density at radius 2 is 1.50 bits per heavy atom. The molecule has 0 bridgehead atoms. The molecule has 116 valence electrons. The number of benzene rings is 2. The van der Waals surface area contributed by atoms with Crippen molar-refractivity contribution >= 4 is 0 Å². The molecular formula is C20H25NO. The first-order valence-electron chi connectivity index (χ1n) is 8.26. The fourth-order valence-electron chi connectivity index (χ4n) is 3.61. The summed E-state index contributed by atoms with van der Waals surface area (Å²) in [5.74, 6) is 0. The first-order chi connectivity index (χ1) is 10.8. The third kappa shape index (κ3) is 3.40. The fraction of sp³-hybridized carbons (Fsp3) is 0.400. The van der Waals surface area contributed by atoms with Crippen LogP contribution in [0, 0.1) is 0 Å². The number of hydrogen-bond acceptors (Lipinski definition) is 2. The van der Waals surface area contributed by atoms with Gasteiger partial charge in [-0.05, 0) is 36.9 Å². The summed E-state index contributed by atoms with van der Waals surface area (Å²) >= 11 is 0. The van der Waals surface area contributed by atoms with E-state index < -0.39 is 0 Å². The van der Waals surface area contributed by atoms with Gasteiger partial charge in [0.15, 0.2) is 0 Å². The lowest BCUT2D eigenvalue weighted by Crippen LogP contribution is -2.55. The van der Waals surface area contributed by atoms with Crippen LogP contribution in [-0.2, 0) is 13.0 Å². The van der Waals surface area contributed by atoms with Crippen LogP contribution in [0.4, 0.5) is 0 Å². The van der Waals surface area contributed by atoms with Crippen molar-refractivity contribution in [3.05, 3.63) is 71.8 Å². The van der Waals surface area contributed by atoms with E-state index >= 15 is 0 Å². The minimum absolute atomic E-state index is 0.116. The molecule has 0 spiro atoms. The van der Waals surface area contributed by atoms with Gasteiger partial charge in [0.05, 0.1) is 6.61 Å². The zero-order valence-corrected chi connectivity index (χ0v) is 13.1. The lowest BCUT2D eigenvalue weighted by molar-refractivity contribution is -0.00723. The SMILES string of the molecule is OC[C@@]1(Cc2ccccc2)CCCCN1Cc1ccccc1. The Bertz CT molecular complexity index is 569. The van der Waals surface area contributed by atoms with Gasteiger partial charge in [0.25, 0.3) is 0 Å². The average Bonchev–Trinajstić information content (AvgIpc) is 2.58. The molecular weight excluding hydrogens is 270 g/mol. The van der Waals surface area contributed by atoms with Gasteiger partial charge < -0.3 is 5.11 Å². The maximum atomic E-state index is 10.2. The Morgan fingerprint density at radius 3 is 2.14 bits per heavy atom. The number of aliphatic hydroxyl groups is 1. The lowest BCUT2D eigenvalue weighted by atomic mass is 9.81. The van der Waals surface area contributed by atoms with E-state index in [0.717, 1.165) is 25.9 Å². The van der Waals surface area contributed by atoms with Crippen molar-refractivity contribution in [3.63, 3.8) is 0 Å². The average molecular weight is 295 g/mol. The maximum absolute atomic E-state index is 10.2. The summed E-state index contributed by atoms with van der Waals surface area (Å²) in [6.07, 6.45) is 4.43. The van der Waals surface area contributed by atoms with Crippen molar-refractivity contribution < 1.29 is 5.11 Å². The van der Waals surface area contributed by atoms with Gasteiger partial charge in [-0.15, -0.1) is 0 Å². The summed E-state index contributed by atoms with van der Waals surface area (Å²) < 4.78 is 0. The predicted octanol–water partition coefficient (Wildman–Crippen LogP) is 3.65. The third-order valence-electron chi connectivity index (χ3n) is 4.88. The molecule has 2 nitrogen and oxygen atoms in total. The van der Waals surface area contributed by atoms with Gasteiger partial charge in [-0.1, -0.05) is 67.1 Å². The Kier molecular flexibility index (Phi) is 4.91. The summed E-state index contributed by atoms with van der Waals surface area (Å²) in [5.41, 5.74) is 2.53. The fourth-order valence-corrected chi connectivity index (χ4v) is 3.61. The molecule has 0 amide bonds. The summed E-state index contributed by atoms with van der Waals surface area (Å²) in [5, 5.41) is 10.2. The van der Waals surface area contributed by atoms with E-state index in [1.54, 1.807) is 0 Å². The molecule has 2 aromatic carbocycles. The van der Waals surface area contributed by atoms with Crippen molar-refractivity contribution in [3.8, 4) is 0 Å². The van der Waals surface area contributed by atoms with Crippen LogP contribution in [0.2, 0.25) is 0 Å². The van der Waals surface area contributed by atoms with E-state index in [9.17, 15) is 5.11 Å². The highest BCUT2D eigenvalue weighted by molar-refractivity contribution is 5.20. The first kappa shape index (κ1) is 15.3. The van der Waals surface area contributed by atoms with E-state index in [2.05, 4.69) is 65.6 Å². The number of aliphatic hydroxyl groups excluding tert-OH is 1. The molecule has 1 aliphatic heterocycles. The quantitative estimate of drug-likeness (QED) is 0.910. The molecule has 1 fully saturated rings. The molecule has 2 aromatic rings. The van der Waals surface area contributed by atoms with E-state index in [1.165, 1.54) is 24.0 Å². The molecule has 1 saturated heterocycles. The molecule has 0 radical (unpaired) electrons. The molecule has 3 rings (SSSR count). The first-order valence-corrected chi connectivity index (χ1v) is 8.26. The Morgan fingerprint density at radius 1 is 0.864 bits per heavy atom. The largest absolute Gasteiger partial charge is 0.394 e. The monoisotopic (exact) mass is 295 g/mol. The van der Waals surface area contributed by atoms with Crippen molar-refractivity contribution in [2.75, 3.05) is 13.2 Å². The minimum Gasteiger partial charge on any atom is -0.394 e. The second kappa shape index (κ2) is 7.08. The number of hydrogen-bond donors (Lipinski definition) is 1. The smallest absolute Gasteiger partial charge is 0.0618 e. The molecule has 1 N–H and O–H groups in total. The Balaban J connectivity index is 1.82. The van der Waals surface area contributed by atoms with Gasteiger partial charge in [-0.3, -0.25) is 4.90 Å². The summed E-state index contributed by atoms with van der Waals surface area (Å²) in [4.78, 5) is 2.50. The van der Waals surface area contributed by atoms with Crippen LogP contribution >= 0.6 is 0 Å². The highest BCUT2D eigenvalue weighted by Crippen LogP contribution is 2.32. The van der Waals surface area contributed by atoms with E-state index in [-0.39, 0.29) is 12.1 Å². The van der Waals surface area contributed by atoms with Crippen LogP contribution in [0.3, 0.4) is 0 Å². The van der Waals surface area contributed by atoms with Crippen LogP contribution in [0.1, 0.15) is 30.4 Å². The lowest BCUT2D eigenvalue weighted by Gasteiger charge is -2.46. The number of piperidine rings is 1. The highest BCUT2D eigenvalue weighted by atomic mass is 16.3. The number of nitrogens with zero attached hydrogens (tertiary/aromatic N) is 1. The number of likely N-dealkylation sites (tertiary alicyclic amines) is 1. The normalized spacial score (nSPS) is 22.6. The van der Waals surface area contributed by atoms with Crippen molar-refractivity contribution in [1.82, 2.24) is 4.90 Å². The molecule has 1 aliphatic rings. The molecule has 2 heteroatoms. The van der Waals surface area contributed by atoms with Gasteiger partial charge in [0.2, 0.25) is 0 Å². The van der Waals surface area contributed by atoms with E-state index in [0.29, 0.717) is 0 Å². The van der Waals surface area contributed by atoms with Crippen LogP contribution in [0.5, 0.6) is 0 Å². The van der Waals surface area contributed by atoms with E-state index in [4.69, 9.17) is 0 Å². The van der Waals surface area contributed by atoms with Crippen molar-refractivity contribution in [2.45, 2.75) is 37.8 Å². The minimum atomic E-state index is -0.116. The molecule has 0 unspecified atom stereocenters. The van der Waals surface area contributed by atoms with Gasteiger partial charge in [0.1, 0.15) is 0 Å². The Hall–Kier alpha value is -1.64. The van der Waals surface area contributed by atoms with Crippen molar-refractivity contribution in [2.24, 2.45) is 0 Å².